The van der Waals surface area contributed by atoms with Crippen LogP contribution in [-0.2, 0) is 16.1 Å². The van der Waals surface area contributed by atoms with Crippen molar-refractivity contribution in [3.05, 3.63) is 34.9 Å². The lowest BCUT2D eigenvalue weighted by atomic mass is 10.2. The van der Waals surface area contributed by atoms with Gasteiger partial charge >= 0.3 is 0 Å². The van der Waals surface area contributed by atoms with E-state index in [-0.39, 0.29) is 24.4 Å². The summed E-state index contributed by atoms with van der Waals surface area (Å²) < 4.78 is 5.14. The van der Waals surface area contributed by atoms with Gasteiger partial charge in [-0.15, -0.1) is 12.4 Å². The summed E-state index contributed by atoms with van der Waals surface area (Å²) in [5.74, 6) is 0.0415. The fourth-order valence-corrected chi connectivity index (χ4v) is 2.03. The molecule has 0 aliphatic heterocycles. The Labute approximate surface area is 131 Å². The molecule has 114 valence electrons. The molecule has 6 heteroatoms. The van der Waals surface area contributed by atoms with Crippen molar-refractivity contribution in [2.24, 2.45) is 5.73 Å². The van der Waals surface area contributed by atoms with Gasteiger partial charge in [-0.2, -0.15) is 0 Å². The number of benzene rings is 1. The number of carbonyl (C=O) groups is 1. The summed E-state index contributed by atoms with van der Waals surface area (Å²) in [5.41, 5.74) is 6.55. The average molecular weight is 321 g/mol. The first-order valence-corrected chi connectivity index (χ1v) is 6.73. The molecule has 0 radical (unpaired) electrons. The van der Waals surface area contributed by atoms with Crippen LogP contribution in [0.15, 0.2) is 24.3 Å². The summed E-state index contributed by atoms with van der Waals surface area (Å²) in [6.45, 7) is 3.49. The van der Waals surface area contributed by atoms with Crippen LogP contribution in [0.5, 0.6) is 0 Å². The number of carbonyl (C=O) groups excluding carboxylic acids is 1. The number of amides is 1. The van der Waals surface area contributed by atoms with Crippen molar-refractivity contribution < 1.29 is 9.53 Å². The molecular formula is C14H22Cl2N2O2. The molecule has 1 aromatic rings. The molecule has 0 aliphatic carbocycles. The van der Waals surface area contributed by atoms with Crippen LogP contribution >= 0.6 is 24.0 Å². The van der Waals surface area contributed by atoms with Crippen LogP contribution in [0, 0.1) is 0 Å². The standard InChI is InChI=1S/C14H21ClN2O2.ClH/c1-3-17(14(18)8-13(9-16)19-2)10-11-5-4-6-12(15)7-11;/h4-7,13H,3,8-10,16H2,1-2H3;1H. The molecule has 1 amide bonds. The first kappa shape index (κ1) is 19.2. The molecule has 0 aromatic heterocycles. The molecule has 1 rings (SSSR count). The summed E-state index contributed by atoms with van der Waals surface area (Å²) in [5, 5.41) is 0.678. The Hall–Kier alpha value is -0.810. The van der Waals surface area contributed by atoms with Crippen LogP contribution in [0.3, 0.4) is 0 Å². The molecule has 0 aliphatic rings. The second kappa shape index (κ2) is 10.00. The zero-order valence-electron chi connectivity index (χ0n) is 11.8. The van der Waals surface area contributed by atoms with Crippen molar-refractivity contribution in [1.29, 1.82) is 0 Å². The van der Waals surface area contributed by atoms with E-state index < -0.39 is 0 Å². The Morgan fingerprint density at radius 2 is 2.20 bits per heavy atom. The van der Waals surface area contributed by atoms with Crippen LogP contribution in [-0.4, -0.2) is 37.1 Å². The summed E-state index contributed by atoms with van der Waals surface area (Å²) >= 11 is 5.94. The second-order valence-corrected chi connectivity index (χ2v) is 4.77. The van der Waals surface area contributed by atoms with Crippen molar-refractivity contribution in [2.75, 3.05) is 20.2 Å². The van der Waals surface area contributed by atoms with E-state index in [0.29, 0.717) is 31.1 Å². The lowest BCUT2D eigenvalue weighted by Gasteiger charge is -2.23. The Morgan fingerprint density at radius 1 is 1.50 bits per heavy atom. The molecule has 0 saturated carbocycles. The zero-order valence-corrected chi connectivity index (χ0v) is 13.4. The van der Waals surface area contributed by atoms with Crippen LogP contribution in [0.1, 0.15) is 18.9 Å². The quantitative estimate of drug-likeness (QED) is 0.839. The molecule has 2 N–H and O–H groups in total. The third-order valence-electron chi connectivity index (χ3n) is 3.00. The Balaban J connectivity index is 0.00000361. The summed E-state index contributed by atoms with van der Waals surface area (Å²) in [6, 6.07) is 7.53. The number of hydrogen-bond acceptors (Lipinski definition) is 3. The van der Waals surface area contributed by atoms with E-state index in [9.17, 15) is 4.79 Å². The SMILES string of the molecule is CCN(Cc1cccc(Cl)c1)C(=O)CC(CN)OC.Cl. The highest BCUT2D eigenvalue weighted by molar-refractivity contribution is 6.30. The monoisotopic (exact) mass is 320 g/mol. The second-order valence-electron chi connectivity index (χ2n) is 4.34. The van der Waals surface area contributed by atoms with Gasteiger partial charge in [-0.3, -0.25) is 4.79 Å². The topological polar surface area (TPSA) is 55.6 Å². The third-order valence-corrected chi connectivity index (χ3v) is 3.23. The number of nitrogens with zero attached hydrogens (tertiary/aromatic N) is 1. The molecule has 0 bridgehead atoms. The van der Waals surface area contributed by atoms with Gasteiger partial charge in [0.25, 0.3) is 0 Å². The van der Waals surface area contributed by atoms with E-state index in [2.05, 4.69) is 0 Å². The fourth-order valence-electron chi connectivity index (χ4n) is 1.82. The number of ether oxygens (including phenoxy) is 1. The molecule has 1 atom stereocenters. The maximum absolute atomic E-state index is 12.1. The Kier molecular flexibility index (Phi) is 9.59. The predicted molar refractivity (Wildman–Crippen MR) is 84.3 cm³/mol. The Bertz CT molecular complexity index is 412. The van der Waals surface area contributed by atoms with Gasteiger partial charge < -0.3 is 15.4 Å². The molecule has 1 unspecified atom stereocenters. The number of halogens is 2. The van der Waals surface area contributed by atoms with E-state index in [0.717, 1.165) is 5.56 Å². The summed E-state index contributed by atoms with van der Waals surface area (Å²) in [4.78, 5) is 13.9. The molecule has 1 aromatic carbocycles. The molecule has 4 nitrogen and oxygen atoms in total. The number of hydrogen-bond donors (Lipinski definition) is 1. The van der Waals surface area contributed by atoms with Gasteiger partial charge in [0.15, 0.2) is 0 Å². The molecule has 0 spiro atoms. The molecule has 0 fully saturated rings. The molecule has 20 heavy (non-hydrogen) atoms. The summed E-state index contributed by atoms with van der Waals surface area (Å²) in [7, 11) is 1.57. The van der Waals surface area contributed by atoms with Crippen molar-refractivity contribution in [1.82, 2.24) is 4.90 Å². The molecule has 0 saturated heterocycles. The third kappa shape index (κ3) is 6.09. The maximum Gasteiger partial charge on any atom is 0.225 e. The van der Waals surface area contributed by atoms with Gasteiger partial charge in [0.05, 0.1) is 12.5 Å². The highest BCUT2D eigenvalue weighted by atomic mass is 35.5. The lowest BCUT2D eigenvalue weighted by Crippen LogP contribution is -2.35. The Morgan fingerprint density at radius 3 is 2.70 bits per heavy atom. The van der Waals surface area contributed by atoms with Gasteiger partial charge in [0.2, 0.25) is 5.91 Å². The average Bonchev–Trinajstić information content (AvgIpc) is 2.41. The minimum Gasteiger partial charge on any atom is -0.380 e. The van der Waals surface area contributed by atoms with E-state index in [1.807, 2.05) is 31.2 Å². The number of rotatable bonds is 7. The highest BCUT2D eigenvalue weighted by Crippen LogP contribution is 2.13. The van der Waals surface area contributed by atoms with Gasteiger partial charge in [-0.05, 0) is 24.6 Å². The smallest absolute Gasteiger partial charge is 0.225 e. The van der Waals surface area contributed by atoms with Crippen molar-refractivity contribution in [2.45, 2.75) is 26.0 Å². The van der Waals surface area contributed by atoms with Crippen LogP contribution in [0.2, 0.25) is 5.02 Å². The predicted octanol–water partition coefficient (Wildman–Crippen LogP) is 2.47. The first-order valence-electron chi connectivity index (χ1n) is 6.35. The fraction of sp³-hybridized carbons (Fsp3) is 0.500. The van der Waals surface area contributed by atoms with Gasteiger partial charge in [0.1, 0.15) is 0 Å². The van der Waals surface area contributed by atoms with E-state index in [1.54, 1.807) is 12.0 Å². The molecular weight excluding hydrogens is 299 g/mol. The zero-order chi connectivity index (χ0) is 14.3. The van der Waals surface area contributed by atoms with E-state index >= 15 is 0 Å². The van der Waals surface area contributed by atoms with Gasteiger partial charge in [-0.25, -0.2) is 0 Å². The summed E-state index contributed by atoms with van der Waals surface area (Å²) in [6.07, 6.45) is 0.0856. The van der Waals surface area contributed by atoms with Crippen LogP contribution in [0.25, 0.3) is 0 Å². The van der Waals surface area contributed by atoms with Crippen LogP contribution < -0.4 is 5.73 Å². The minimum absolute atomic E-state index is 0. The highest BCUT2D eigenvalue weighted by Gasteiger charge is 2.17. The normalized spacial score (nSPS) is 11.6. The molecule has 0 heterocycles. The van der Waals surface area contributed by atoms with Crippen molar-refractivity contribution in [3.63, 3.8) is 0 Å². The van der Waals surface area contributed by atoms with E-state index in [4.69, 9.17) is 22.1 Å². The maximum atomic E-state index is 12.1. The van der Waals surface area contributed by atoms with Crippen molar-refractivity contribution in [3.8, 4) is 0 Å². The number of nitrogens with two attached hydrogens (primary N) is 1. The van der Waals surface area contributed by atoms with E-state index in [1.165, 1.54) is 0 Å². The first-order chi connectivity index (χ1) is 9.10. The number of methoxy groups -OCH3 is 1. The van der Waals surface area contributed by atoms with Crippen molar-refractivity contribution >= 4 is 29.9 Å². The largest absolute Gasteiger partial charge is 0.380 e. The van der Waals surface area contributed by atoms with Crippen LogP contribution in [0.4, 0.5) is 0 Å². The minimum atomic E-state index is -0.221. The van der Waals surface area contributed by atoms with Gasteiger partial charge in [0, 0.05) is 31.8 Å². The van der Waals surface area contributed by atoms with Gasteiger partial charge in [-0.1, -0.05) is 23.7 Å². The lowest BCUT2D eigenvalue weighted by molar-refractivity contribution is -0.134.